The van der Waals surface area contributed by atoms with Gasteiger partial charge in [-0.15, -0.1) is 0 Å². The van der Waals surface area contributed by atoms with Gasteiger partial charge in [0.1, 0.15) is 17.4 Å². The predicted molar refractivity (Wildman–Crippen MR) is 127 cm³/mol. The summed E-state index contributed by atoms with van der Waals surface area (Å²) in [7, 11) is 0. The number of nitrogens with one attached hydrogen (secondary N) is 2. The van der Waals surface area contributed by atoms with E-state index in [4.69, 9.17) is 16.0 Å². The number of amides is 2. The molecular weight excluding hydrogens is 438 g/mol. The van der Waals surface area contributed by atoms with Crippen LogP contribution in [0.25, 0.3) is 22.5 Å². The first-order valence-corrected chi connectivity index (χ1v) is 10.5. The number of hydrogen-bond acceptors (Lipinski definition) is 4. The number of hydrogen-bond donors (Lipinski definition) is 2. The summed E-state index contributed by atoms with van der Waals surface area (Å²) in [5, 5.41) is 15.5. The SMILES string of the molecule is N#Cc1c(NC(=O)CNC(=O)c2ccc(Cl)cc2)oc(-c2ccccc2)c1-c1ccccc1. The van der Waals surface area contributed by atoms with Crippen molar-refractivity contribution in [2.75, 3.05) is 11.9 Å². The number of halogens is 1. The van der Waals surface area contributed by atoms with Crippen molar-refractivity contribution >= 4 is 29.3 Å². The van der Waals surface area contributed by atoms with Crippen LogP contribution >= 0.6 is 11.6 Å². The van der Waals surface area contributed by atoms with Crippen LogP contribution in [0.4, 0.5) is 5.88 Å². The molecule has 0 spiro atoms. The van der Waals surface area contributed by atoms with E-state index >= 15 is 0 Å². The van der Waals surface area contributed by atoms with E-state index in [9.17, 15) is 14.9 Å². The van der Waals surface area contributed by atoms with Crippen LogP contribution in [0, 0.1) is 11.3 Å². The van der Waals surface area contributed by atoms with Gasteiger partial charge in [-0.1, -0.05) is 72.3 Å². The van der Waals surface area contributed by atoms with Crippen molar-refractivity contribution in [1.29, 1.82) is 5.26 Å². The maximum atomic E-state index is 12.5. The van der Waals surface area contributed by atoms with E-state index in [1.165, 1.54) is 0 Å². The molecule has 33 heavy (non-hydrogen) atoms. The third kappa shape index (κ3) is 4.95. The molecule has 0 aliphatic heterocycles. The van der Waals surface area contributed by atoms with Gasteiger partial charge in [-0.3, -0.25) is 14.9 Å². The van der Waals surface area contributed by atoms with Crippen LogP contribution in [0.1, 0.15) is 15.9 Å². The molecule has 2 amide bonds. The van der Waals surface area contributed by atoms with Gasteiger partial charge in [0.05, 0.1) is 6.54 Å². The molecule has 0 radical (unpaired) electrons. The highest BCUT2D eigenvalue weighted by atomic mass is 35.5. The number of nitriles is 1. The fourth-order valence-corrected chi connectivity index (χ4v) is 3.46. The summed E-state index contributed by atoms with van der Waals surface area (Å²) in [5.41, 5.74) is 2.72. The summed E-state index contributed by atoms with van der Waals surface area (Å²) >= 11 is 5.83. The van der Waals surface area contributed by atoms with Gasteiger partial charge < -0.3 is 9.73 Å². The molecule has 4 aromatic rings. The number of benzene rings is 3. The molecule has 0 bridgehead atoms. The summed E-state index contributed by atoms with van der Waals surface area (Å²) in [4.78, 5) is 24.8. The lowest BCUT2D eigenvalue weighted by Crippen LogP contribution is -2.32. The molecule has 4 rings (SSSR count). The minimum absolute atomic E-state index is 0.0287. The van der Waals surface area contributed by atoms with Crippen molar-refractivity contribution in [2.24, 2.45) is 0 Å². The third-order valence-corrected chi connectivity index (χ3v) is 5.14. The number of anilines is 1. The Bertz CT molecular complexity index is 1330. The molecule has 0 atom stereocenters. The summed E-state index contributed by atoms with van der Waals surface area (Å²) in [6, 6.07) is 27.1. The molecule has 6 nitrogen and oxygen atoms in total. The van der Waals surface area contributed by atoms with Gasteiger partial charge in [0.25, 0.3) is 5.91 Å². The summed E-state index contributed by atoms with van der Waals surface area (Å²) in [6.45, 7) is -0.297. The first-order chi connectivity index (χ1) is 16.1. The molecule has 0 saturated carbocycles. The van der Waals surface area contributed by atoms with Crippen molar-refractivity contribution in [1.82, 2.24) is 5.32 Å². The van der Waals surface area contributed by atoms with Crippen molar-refractivity contribution in [2.45, 2.75) is 0 Å². The Balaban J connectivity index is 1.59. The molecule has 162 valence electrons. The highest BCUT2D eigenvalue weighted by molar-refractivity contribution is 6.30. The Morgan fingerprint density at radius 3 is 2.09 bits per heavy atom. The van der Waals surface area contributed by atoms with Gasteiger partial charge in [0.15, 0.2) is 0 Å². The molecule has 0 aliphatic rings. The van der Waals surface area contributed by atoms with Crippen molar-refractivity contribution < 1.29 is 14.0 Å². The molecule has 1 heterocycles. The van der Waals surface area contributed by atoms with Crippen LogP contribution in [0.15, 0.2) is 89.3 Å². The highest BCUT2D eigenvalue weighted by Crippen LogP contribution is 2.41. The first-order valence-electron chi connectivity index (χ1n) is 10.1. The maximum Gasteiger partial charge on any atom is 0.251 e. The van der Waals surface area contributed by atoms with E-state index < -0.39 is 11.8 Å². The zero-order valence-electron chi connectivity index (χ0n) is 17.3. The van der Waals surface area contributed by atoms with Gasteiger partial charge in [-0.05, 0) is 29.8 Å². The monoisotopic (exact) mass is 455 g/mol. The average Bonchev–Trinajstić information content (AvgIpc) is 3.22. The third-order valence-electron chi connectivity index (χ3n) is 4.89. The smallest absolute Gasteiger partial charge is 0.251 e. The fraction of sp³-hybridized carbons (Fsp3) is 0.0385. The second kappa shape index (κ2) is 9.86. The highest BCUT2D eigenvalue weighted by Gasteiger charge is 2.24. The maximum absolute atomic E-state index is 12.5. The molecular formula is C26H18ClN3O3. The van der Waals surface area contributed by atoms with Crippen LogP contribution < -0.4 is 10.6 Å². The Hall–Kier alpha value is -4.34. The van der Waals surface area contributed by atoms with Gasteiger partial charge >= 0.3 is 0 Å². The van der Waals surface area contributed by atoms with Gasteiger partial charge in [0, 0.05) is 21.7 Å². The zero-order valence-corrected chi connectivity index (χ0v) is 18.1. The van der Waals surface area contributed by atoms with Gasteiger partial charge in [-0.2, -0.15) is 5.26 Å². The quantitative estimate of drug-likeness (QED) is 0.401. The summed E-state index contributed by atoms with van der Waals surface area (Å²) in [5.74, 6) is -0.446. The molecule has 0 unspecified atom stereocenters. The lowest BCUT2D eigenvalue weighted by Gasteiger charge is -2.06. The fourth-order valence-electron chi connectivity index (χ4n) is 3.33. The predicted octanol–water partition coefficient (Wildman–Crippen LogP) is 5.51. The Kier molecular flexibility index (Phi) is 6.53. The number of carbonyl (C=O) groups excluding carboxylic acids is 2. The standard InChI is InChI=1S/C26H18ClN3O3/c27-20-13-11-19(12-14-20)25(32)29-16-22(31)30-26-21(15-28)23(17-7-3-1-4-8-17)24(33-26)18-9-5-2-6-10-18/h1-14H,16H2,(H,29,32)(H,30,31). The molecule has 2 N–H and O–H groups in total. The van der Waals surface area contributed by atoms with E-state index in [2.05, 4.69) is 16.7 Å². The Morgan fingerprint density at radius 2 is 1.48 bits per heavy atom. The van der Waals surface area contributed by atoms with Crippen molar-refractivity contribution in [3.8, 4) is 28.5 Å². The van der Waals surface area contributed by atoms with E-state index in [0.717, 1.165) is 11.1 Å². The topological polar surface area (TPSA) is 95.1 Å². The van der Waals surface area contributed by atoms with Crippen LogP contribution in [0.3, 0.4) is 0 Å². The largest absolute Gasteiger partial charge is 0.438 e. The van der Waals surface area contributed by atoms with E-state index in [-0.39, 0.29) is 18.0 Å². The zero-order chi connectivity index (χ0) is 23.2. The minimum Gasteiger partial charge on any atom is -0.438 e. The minimum atomic E-state index is -0.526. The number of nitrogens with zero attached hydrogens (tertiary/aromatic N) is 1. The Labute approximate surface area is 195 Å². The van der Waals surface area contributed by atoms with Gasteiger partial charge in [-0.25, -0.2) is 0 Å². The van der Waals surface area contributed by atoms with Crippen LogP contribution in [0.5, 0.6) is 0 Å². The molecule has 1 aromatic heterocycles. The molecule has 0 fully saturated rings. The molecule has 3 aromatic carbocycles. The van der Waals surface area contributed by atoms with Gasteiger partial charge in [0.2, 0.25) is 11.8 Å². The second-order valence-corrected chi connectivity index (χ2v) is 7.53. The van der Waals surface area contributed by atoms with Crippen LogP contribution in [0.2, 0.25) is 5.02 Å². The van der Waals surface area contributed by atoms with Crippen molar-refractivity contribution in [3.05, 3.63) is 101 Å². The lowest BCUT2D eigenvalue weighted by atomic mass is 9.98. The number of rotatable bonds is 6. The van der Waals surface area contributed by atoms with Crippen LogP contribution in [-0.2, 0) is 4.79 Å². The van der Waals surface area contributed by atoms with Crippen molar-refractivity contribution in [3.63, 3.8) is 0 Å². The number of carbonyl (C=O) groups is 2. The van der Waals surface area contributed by atoms with Crippen LogP contribution in [-0.4, -0.2) is 18.4 Å². The molecule has 7 heteroatoms. The summed E-state index contributed by atoms with van der Waals surface area (Å²) in [6.07, 6.45) is 0. The number of furan rings is 1. The lowest BCUT2D eigenvalue weighted by molar-refractivity contribution is -0.115. The summed E-state index contributed by atoms with van der Waals surface area (Å²) < 4.78 is 5.97. The van der Waals surface area contributed by atoms with E-state index in [1.54, 1.807) is 24.3 Å². The molecule has 0 saturated heterocycles. The Morgan fingerprint density at radius 1 is 0.879 bits per heavy atom. The first kappa shape index (κ1) is 21.9. The normalized spacial score (nSPS) is 10.3. The average molecular weight is 456 g/mol. The van der Waals surface area contributed by atoms with E-state index in [0.29, 0.717) is 21.9 Å². The molecule has 0 aliphatic carbocycles. The van der Waals surface area contributed by atoms with E-state index in [1.807, 2.05) is 60.7 Å². The second-order valence-electron chi connectivity index (χ2n) is 7.09.